The SMILES string of the molecule is Cc1ccc(CNC(=O)N2C[C@@H](C)Sc3ccccc32)cc1. The monoisotopic (exact) mass is 312 g/mol. The van der Waals surface area contributed by atoms with Crippen molar-refractivity contribution in [3.05, 3.63) is 59.7 Å². The lowest BCUT2D eigenvalue weighted by atomic mass is 10.1. The highest BCUT2D eigenvalue weighted by molar-refractivity contribution is 8.00. The molecule has 0 fully saturated rings. The molecule has 3 rings (SSSR count). The van der Waals surface area contributed by atoms with Gasteiger partial charge in [0.2, 0.25) is 0 Å². The number of fused-ring (bicyclic) bond motifs is 1. The molecule has 0 radical (unpaired) electrons. The Labute approximate surface area is 135 Å². The van der Waals surface area contributed by atoms with Crippen LogP contribution in [-0.4, -0.2) is 17.8 Å². The highest BCUT2D eigenvalue weighted by Gasteiger charge is 2.26. The number of carbonyl (C=O) groups is 1. The summed E-state index contributed by atoms with van der Waals surface area (Å²) in [6.45, 7) is 5.51. The van der Waals surface area contributed by atoms with Crippen LogP contribution in [0.5, 0.6) is 0 Å². The van der Waals surface area contributed by atoms with E-state index in [9.17, 15) is 4.79 Å². The molecule has 1 N–H and O–H groups in total. The predicted octanol–water partition coefficient (Wildman–Crippen LogP) is 4.21. The van der Waals surface area contributed by atoms with Crippen LogP contribution in [0.25, 0.3) is 0 Å². The number of aryl methyl sites for hydroxylation is 1. The van der Waals surface area contributed by atoms with Gasteiger partial charge in [0.15, 0.2) is 0 Å². The van der Waals surface area contributed by atoms with Crippen LogP contribution in [0.3, 0.4) is 0 Å². The fourth-order valence-corrected chi connectivity index (χ4v) is 3.67. The van der Waals surface area contributed by atoms with Gasteiger partial charge in [-0.1, -0.05) is 48.9 Å². The van der Waals surface area contributed by atoms with Crippen LogP contribution < -0.4 is 10.2 Å². The van der Waals surface area contributed by atoms with Crippen molar-refractivity contribution >= 4 is 23.5 Å². The lowest BCUT2D eigenvalue weighted by molar-refractivity contribution is 0.245. The summed E-state index contributed by atoms with van der Waals surface area (Å²) >= 11 is 1.83. The summed E-state index contributed by atoms with van der Waals surface area (Å²) in [4.78, 5) is 15.6. The van der Waals surface area contributed by atoms with Crippen LogP contribution in [-0.2, 0) is 6.54 Å². The van der Waals surface area contributed by atoms with Crippen LogP contribution >= 0.6 is 11.8 Å². The molecule has 0 bridgehead atoms. The Balaban J connectivity index is 1.71. The molecule has 1 aliphatic heterocycles. The fourth-order valence-electron chi connectivity index (χ4n) is 2.56. The Morgan fingerprint density at radius 1 is 1.23 bits per heavy atom. The summed E-state index contributed by atoms with van der Waals surface area (Å²) in [7, 11) is 0. The molecule has 2 aromatic carbocycles. The lowest BCUT2D eigenvalue weighted by Crippen LogP contribution is -2.44. The summed E-state index contributed by atoms with van der Waals surface area (Å²) in [5.41, 5.74) is 3.35. The van der Waals surface area contributed by atoms with E-state index in [1.165, 1.54) is 10.5 Å². The molecule has 2 amide bonds. The fraction of sp³-hybridized carbons (Fsp3) is 0.278. The van der Waals surface area contributed by atoms with Crippen molar-refractivity contribution in [1.82, 2.24) is 5.32 Å². The molecule has 1 atom stereocenters. The number of urea groups is 1. The van der Waals surface area contributed by atoms with Gasteiger partial charge in [-0.05, 0) is 24.6 Å². The minimum absolute atomic E-state index is 0.0276. The number of hydrogen-bond donors (Lipinski definition) is 1. The molecule has 0 spiro atoms. The first-order chi connectivity index (χ1) is 10.6. The van der Waals surface area contributed by atoms with Gasteiger partial charge in [0.1, 0.15) is 0 Å². The van der Waals surface area contributed by atoms with E-state index in [1.807, 2.05) is 34.9 Å². The second-order valence-corrected chi connectivity index (χ2v) is 7.13. The third-order valence-corrected chi connectivity index (χ3v) is 4.88. The van der Waals surface area contributed by atoms with Gasteiger partial charge in [0.05, 0.1) is 5.69 Å². The van der Waals surface area contributed by atoms with E-state index < -0.39 is 0 Å². The molecule has 0 saturated heterocycles. The number of hydrogen-bond acceptors (Lipinski definition) is 2. The standard InChI is InChI=1S/C18H20N2OS/c1-13-7-9-15(10-8-13)11-19-18(21)20-12-14(2)22-17-6-4-3-5-16(17)20/h3-10,14H,11-12H2,1-2H3,(H,19,21)/t14-/m1/s1. The quantitative estimate of drug-likeness (QED) is 0.901. The molecule has 0 saturated carbocycles. The number of benzene rings is 2. The van der Waals surface area contributed by atoms with E-state index in [4.69, 9.17) is 0 Å². The van der Waals surface area contributed by atoms with Crippen molar-refractivity contribution < 1.29 is 4.79 Å². The number of thioether (sulfide) groups is 1. The largest absolute Gasteiger partial charge is 0.334 e. The molecule has 4 heteroatoms. The number of para-hydroxylation sites is 1. The summed E-state index contributed by atoms with van der Waals surface area (Å²) in [6, 6.07) is 16.3. The van der Waals surface area contributed by atoms with E-state index in [2.05, 4.69) is 49.5 Å². The highest BCUT2D eigenvalue weighted by atomic mass is 32.2. The summed E-state index contributed by atoms with van der Waals surface area (Å²) < 4.78 is 0. The van der Waals surface area contributed by atoms with Crippen LogP contribution in [0, 0.1) is 6.92 Å². The molecule has 1 heterocycles. The molecule has 0 unspecified atom stereocenters. The number of carbonyl (C=O) groups excluding carboxylic acids is 1. The van der Waals surface area contributed by atoms with Gasteiger partial charge in [-0.3, -0.25) is 4.90 Å². The minimum Gasteiger partial charge on any atom is -0.334 e. The topological polar surface area (TPSA) is 32.3 Å². The predicted molar refractivity (Wildman–Crippen MR) is 92.5 cm³/mol. The van der Waals surface area contributed by atoms with Gasteiger partial charge in [0, 0.05) is 23.2 Å². The van der Waals surface area contributed by atoms with Gasteiger partial charge in [-0.25, -0.2) is 4.79 Å². The first-order valence-corrected chi connectivity index (χ1v) is 8.38. The van der Waals surface area contributed by atoms with Crippen molar-refractivity contribution in [3.8, 4) is 0 Å². The maximum Gasteiger partial charge on any atom is 0.322 e. The summed E-state index contributed by atoms with van der Waals surface area (Å²) in [6.07, 6.45) is 0. The van der Waals surface area contributed by atoms with Crippen LogP contribution in [0.15, 0.2) is 53.4 Å². The van der Waals surface area contributed by atoms with Gasteiger partial charge < -0.3 is 5.32 Å². The maximum atomic E-state index is 12.6. The van der Waals surface area contributed by atoms with Crippen molar-refractivity contribution in [2.75, 3.05) is 11.4 Å². The van der Waals surface area contributed by atoms with Gasteiger partial charge in [-0.15, -0.1) is 11.8 Å². The Kier molecular flexibility index (Phi) is 4.39. The Hall–Kier alpha value is -1.94. The first-order valence-electron chi connectivity index (χ1n) is 7.50. The number of nitrogens with one attached hydrogen (secondary N) is 1. The molecular weight excluding hydrogens is 292 g/mol. The van der Waals surface area contributed by atoms with E-state index >= 15 is 0 Å². The van der Waals surface area contributed by atoms with Crippen molar-refractivity contribution in [2.45, 2.75) is 30.5 Å². The normalized spacial score (nSPS) is 17.0. The van der Waals surface area contributed by atoms with Gasteiger partial charge in [0.25, 0.3) is 0 Å². The zero-order chi connectivity index (χ0) is 15.5. The second kappa shape index (κ2) is 6.44. The zero-order valence-corrected chi connectivity index (χ0v) is 13.7. The van der Waals surface area contributed by atoms with E-state index in [0.29, 0.717) is 11.8 Å². The molecule has 1 aliphatic rings. The summed E-state index contributed by atoms with van der Waals surface area (Å²) in [5.74, 6) is 0. The third-order valence-electron chi connectivity index (χ3n) is 3.73. The highest BCUT2D eigenvalue weighted by Crippen LogP contribution is 2.37. The maximum absolute atomic E-state index is 12.6. The Morgan fingerprint density at radius 2 is 1.95 bits per heavy atom. The van der Waals surface area contributed by atoms with Crippen LogP contribution in [0.1, 0.15) is 18.1 Å². The molecular formula is C18H20N2OS. The first kappa shape index (κ1) is 15.0. The van der Waals surface area contributed by atoms with Crippen molar-refractivity contribution in [2.24, 2.45) is 0 Å². The van der Waals surface area contributed by atoms with Crippen LogP contribution in [0.2, 0.25) is 0 Å². The number of rotatable bonds is 2. The minimum atomic E-state index is -0.0276. The molecule has 114 valence electrons. The molecule has 3 nitrogen and oxygen atoms in total. The third kappa shape index (κ3) is 3.28. The van der Waals surface area contributed by atoms with E-state index in [1.54, 1.807) is 0 Å². The van der Waals surface area contributed by atoms with E-state index in [0.717, 1.165) is 17.8 Å². The number of anilines is 1. The average molecular weight is 312 g/mol. The zero-order valence-electron chi connectivity index (χ0n) is 12.9. The van der Waals surface area contributed by atoms with Gasteiger partial charge >= 0.3 is 6.03 Å². The van der Waals surface area contributed by atoms with Gasteiger partial charge in [-0.2, -0.15) is 0 Å². The molecule has 0 aromatic heterocycles. The van der Waals surface area contributed by atoms with Crippen LogP contribution in [0.4, 0.5) is 10.5 Å². The molecule has 22 heavy (non-hydrogen) atoms. The average Bonchev–Trinajstić information content (AvgIpc) is 2.53. The van der Waals surface area contributed by atoms with Crippen molar-refractivity contribution in [3.63, 3.8) is 0 Å². The number of nitrogens with zero attached hydrogens (tertiary/aromatic N) is 1. The smallest absolute Gasteiger partial charge is 0.322 e. The molecule has 2 aromatic rings. The second-order valence-electron chi connectivity index (χ2n) is 5.65. The lowest BCUT2D eigenvalue weighted by Gasteiger charge is -2.32. The molecule has 0 aliphatic carbocycles. The summed E-state index contributed by atoms with van der Waals surface area (Å²) in [5, 5.41) is 3.43. The Morgan fingerprint density at radius 3 is 2.73 bits per heavy atom. The Bertz CT molecular complexity index is 669. The number of amides is 2. The van der Waals surface area contributed by atoms with Crippen molar-refractivity contribution in [1.29, 1.82) is 0 Å². The van der Waals surface area contributed by atoms with E-state index in [-0.39, 0.29) is 6.03 Å².